The first-order valence-electron chi connectivity index (χ1n) is 3.95. The first kappa shape index (κ1) is 9.29. The van der Waals surface area contributed by atoms with Gasteiger partial charge in [0.2, 0.25) is 0 Å². The smallest absolute Gasteiger partial charge is 0.106 e. The van der Waals surface area contributed by atoms with Crippen molar-refractivity contribution in [2.45, 2.75) is 13.3 Å². The van der Waals surface area contributed by atoms with Gasteiger partial charge in [-0.1, -0.05) is 12.2 Å². The Labute approximate surface area is 71.7 Å². The highest BCUT2D eigenvalue weighted by atomic mass is 16.3. The molecule has 3 N–H and O–H groups in total. The molecule has 3 nitrogen and oxygen atoms in total. The van der Waals surface area contributed by atoms with Crippen molar-refractivity contribution in [1.82, 2.24) is 0 Å². The molecule has 0 bridgehead atoms. The lowest BCUT2D eigenvalue weighted by Crippen LogP contribution is -2.27. The van der Waals surface area contributed by atoms with E-state index in [-0.39, 0.29) is 19.0 Å². The molecule has 0 radical (unpaired) electrons. The summed E-state index contributed by atoms with van der Waals surface area (Å²) in [4.78, 5) is 0. The number of aliphatic hydroxyl groups excluding tert-OH is 3. The number of hydrogen-bond donors (Lipinski definition) is 3. The highest BCUT2D eigenvalue weighted by Gasteiger charge is 2.31. The zero-order valence-electron chi connectivity index (χ0n) is 7.12. The van der Waals surface area contributed by atoms with Crippen molar-refractivity contribution in [2.24, 2.45) is 5.41 Å². The molecule has 0 heterocycles. The molecule has 0 aliphatic heterocycles. The number of aliphatic hydroxyl groups is 3. The van der Waals surface area contributed by atoms with E-state index >= 15 is 0 Å². The van der Waals surface area contributed by atoms with Crippen molar-refractivity contribution in [3.05, 3.63) is 23.5 Å². The van der Waals surface area contributed by atoms with Gasteiger partial charge in [-0.15, -0.1) is 0 Å². The predicted molar refractivity (Wildman–Crippen MR) is 45.7 cm³/mol. The third-order valence-corrected chi connectivity index (χ3v) is 2.28. The minimum absolute atomic E-state index is 0.104. The lowest BCUT2D eigenvalue weighted by atomic mass is 9.80. The largest absolute Gasteiger partial charge is 0.511 e. The fraction of sp³-hybridized carbons (Fsp3) is 0.556. The van der Waals surface area contributed by atoms with Crippen molar-refractivity contribution >= 4 is 0 Å². The molecule has 68 valence electrons. The van der Waals surface area contributed by atoms with Gasteiger partial charge in [-0.05, 0) is 13.3 Å². The molecule has 0 saturated heterocycles. The average Bonchev–Trinajstić information content (AvgIpc) is 2.10. The van der Waals surface area contributed by atoms with E-state index in [2.05, 4.69) is 0 Å². The van der Waals surface area contributed by atoms with Crippen LogP contribution >= 0.6 is 0 Å². The fourth-order valence-electron chi connectivity index (χ4n) is 1.29. The molecular weight excluding hydrogens is 156 g/mol. The van der Waals surface area contributed by atoms with Gasteiger partial charge in [0.05, 0.1) is 18.6 Å². The van der Waals surface area contributed by atoms with Crippen LogP contribution in [0, 0.1) is 5.41 Å². The van der Waals surface area contributed by atoms with Crippen molar-refractivity contribution in [3.63, 3.8) is 0 Å². The maximum absolute atomic E-state index is 9.60. The topological polar surface area (TPSA) is 60.7 Å². The molecule has 1 unspecified atom stereocenters. The Morgan fingerprint density at radius 2 is 2.17 bits per heavy atom. The van der Waals surface area contributed by atoms with Crippen LogP contribution < -0.4 is 0 Å². The van der Waals surface area contributed by atoms with Crippen molar-refractivity contribution < 1.29 is 15.3 Å². The van der Waals surface area contributed by atoms with Gasteiger partial charge in [-0.25, -0.2) is 0 Å². The van der Waals surface area contributed by atoms with Crippen LogP contribution in [0.3, 0.4) is 0 Å². The zero-order chi connectivity index (χ0) is 9.19. The summed E-state index contributed by atoms with van der Waals surface area (Å²) in [6.45, 7) is 1.48. The minimum Gasteiger partial charge on any atom is -0.511 e. The highest BCUT2D eigenvalue weighted by Crippen LogP contribution is 2.34. The summed E-state index contributed by atoms with van der Waals surface area (Å²) in [7, 11) is 0. The maximum Gasteiger partial charge on any atom is 0.106 e. The third-order valence-electron chi connectivity index (χ3n) is 2.28. The monoisotopic (exact) mass is 170 g/mol. The first-order valence-corrected chi connectivity index (χ1v) is 3.95. The summed E-state index contributed by atoms with van der Waals surface area (Å²) >= 11 is 0. The summed E-state index contributed by atoms with van der Waals surface area (Å²) in [6.07, 6.45) is 4.15. The predicted octanol–water partition coefficient (Wildman–Crippen LogP) is 0.749. The summed E-state index contributed by atoms with van der Waals surface area (Å²) in [5.41, 5.74) is -0.106. The second kappa shape index (κ2) is 3.29. The van der Waals surface area contributed by atoms with Gasteiger partial charge < -0.3 is 15.3 Å². The molecule has 1 aliphatic rings. The van der Waals surface area contributed by atoms with E-state index in [0.717, 1.165) is 0 Å². The lowest BCUT2D eigenvalue weighted by molar-refractivity contribution is 0.122. The molecule has 0 aromatic carbocycles. The fourth-order valence-corrected chi connectivity index (χ4v) is 1.29. The summed E-state index contributed by atoms with van der Waals surface area (Å²) in [5, 5.41) is 27.5. The quantitative estimate of drug-likeness (QED) is 0.573. The first-order chi connectivity index (χ1) is 5.64. The van der Waals surface area contributed by atoms with E-state index in [4.69, 9.17) is 10.2 Å². The molecule has 3 heteroatoms. The van der Waals surface area contributed by atoms with Gasteiger partial charge in [0.15, 0.2) is 0 Å². The van der Waals surface area contributed by atoms with E-state index in [1.54, 1.807) is 13.0 Å². The summed E-state index contributed by atoms with van der Waals surface area (Å²) < 4.78 is 0. The number of hydrogen-bond acceptors (Lipinski definition) is 3. The van der Waals surface area contributed by atoms with Gasteiger partial charge >= 0.3 is 0 Å². The number of rotatable bonds is 2. The Bertz CT molecular complexity index is 230. The van der Waals surface area contributed by atoms with Crippen LogP contribution in [-0.4, -0.2) is 28.5 Å². The van der Waals surface area contributed by atoms with E-state index in [0.29, 0.717) is 12.0 Å². The van der Waals surface area contributed by atoms with E-state index in [9.17, 15) is 5.11 Å². The summed E-state index contributed by atoms with van der Waals surface area (Å²) in [6, 6.07) is 0. The molecule has 0 aromatic heterocycles. The second-order valence-corrected chi connectivity index (χ2v) is 3.36. The van der Waals surface area contributed by atoms with Crippen LogP contribution in [0.25, 0.3) is 0 Å². The van der Waals surface area contributed by atoms with Crippen molar-refractivity contribution in [3.8, 4) is 0 Å². The van der Waals surface area contributed by atoms with Gasteiger partial charge in [0.1, 0.15) is 5.76 Å². The maximum atomic E-state index is 9.60. The lowest BCUT2D eigenvalue weighted by Gasteiger charge is -2.29. The Kier molecular flexibility index (Phi) is 2.55. The molecule has 12 heavy (non-hydrogen) atoms. The standard InChI is InChI=1S/C9H14O3/c1-9(6-11)4-2-3-7(5-10)8(9)12/h2-3,10-12H,4-6H2,1H3. The normalized spacial score (nSPS) is 29.6. The van der Waals surface area contributed by atoms with Crippen molar-refractivity contribution in [2.75, 3.05) is 13.2 Å². The Morgan fingerprint density at radius 3 is 2.67 bits per heavy atom. The number of allylic oxidation sites excluding steroid dienone is 1. The average molecular weight is 170 g/mol. The molecule has 1 rings (SSSR count). The van der Waals surface area contributed by atoms with Gasteiger partial charge in [-0.3, -0.25) is 0 Å². The van der Waals surface area contributed by atoms with E-state index in [1.165, 1.54) is 0 Å². The molecular formula is C9H14O3. The second-order valence-electron chi connectivity index (χ2n) is 3.36. The molecule has 0 spiro atoms. The Balaban J connectivity index is 2.98. The van der Waals surface area contributed by atoms with Crippen LogP contribution in [-0.2, 0) is 0 Å². The van der Waals surface area contributed by atoms with Crippen LogP contribution in [0.4, 0.5) is 0 Å². The highest BCUT2D eigenvalue weighted by molar-refractivity contribution is 5.31. The minimum atomic E-state index is -0.604. The van der Waals surface area contributed by atoms with Gasteiger partial charge in [0.25, 0.3) is 0 Å². The zero-order valence-corrected chi connectivity index (χ0v) is 7.12. The van der Waals surface area contributed by atoms with Crippen LogP contribution in [0.1, 0.15) is 13.3 Å². The third kappa shape index (κ3) is 1.38. The molecule has 0 fully saturated rings. The van der Waals surface area contributed by atoms with Gasteiger partial charge in [0, 0.05) is 5.57 Å². The molecule has 0 aromatic rings. The van der Waals surface area contributed by atoms with Crippen LogP contribution in [0.15, 0.2) is 23.5 Å². The van der Waals surface area contributed by atoms with Crippen LogP contribution in [0.2, 0.25) is 0 Å². The van der Waals surface area contributed by atoms with Crippen LogP contribution in [0.5, 0.6) is 0 Å². The Hall–Kier alpha value is -0.800. The molecule has 1 aliphatic carbocycles. The van der Waals surface area contributed by atoms with E-state index < -0.39 is 5.41 Å². The SMILES string of the molecule is CC1(CO)CC=CC(CO)=C1O. The molecule has 0 saturated carbocycles. The molecule has 0 amide bonds. The summed E-state index contributed by atoms with van der Waals surface area (Å²) in [5.74, 6) is 0.106. The van der Waals surface area contributed by atoms with Crippen molar-refractivity contribution in [1.29, 1.82) is 0 Å². The van der Waals surface area contributed by atoms with E-state index in [1.807, 2.05) is 6.08 Å². The Morgan fingerprint density at radius 1 is 1.50 bits per heavy atom. The molecule has 1 atom stereocenters. The van der Waals surface area contributed by atoms with Gasteiger partial charge in [-0.2, -0.15) is 0 Å².